The van der Waals surface area contributed by atoms with Crippen molar-refractivity contribution in [1.29, 1.82) is 0 Å². The number of benzene rings is 1. The first-order chi connectivity index (χ1) is 6.29. The Bertz CT molecular complexity index is 412. The number of nitrogens with zero attached hydrogens (tertiary/aromatic N) is 1. The van der Waals surface area contributed by atoms with Gasteiger partial charge in [0.15, 0.2) is 0 Å². The molecule has 13 heavy (non-hydrogen) atoms. The van der Waals surface area contributed by atoms with Crippen molar-refractivity contribution in [2.24, 2.45) is 0 Å². The normalized spacial score (nSPS) is 10.3. The molecule has 0 spiro atoms. The van der Waals surface area contributed by atoms with Crippen LogP contribution in [0.1, 0.15) is 0 Å². The molecule has 1 N–H and O–H groups in total. The number of aromatic amines is 1. The maximum Gasteiger partial charge on any atom is 0.146 e. The average molecular weight is 241 g/mol. The highest BCUT2D eigenvalue weighted by Crippen LogP contribution is 2.25. The summed E-state index contributed by atoms with van der Waals surface area (Å²) in [5, 5.41) is 0. The molecule has 1 heterocycles. The lowest BCUT2D eigenvalue weighted by molar-refractivity contribution is 0.624. The van der Waals surface area contributed by atoms with Gasteiger partial charge in [0.25, 0.3) is 0 Å². The Morgan fingerprint density at radius 1 is 1.38 bits per heavy atom. The van der Waals surface area contributed by atoms with Crippen LogP contribution >= 0.6 is 15.9 Å². The van der Waals surface area contributed by atoms with Gasteiger partial charge in [0, 0.05) is 5.56 Å². The largest absolute Gasteiger partial charge is 0.345 e. The van der Waals surface area contributed by atoms with Crippen LogP contribution in [0.15, 0.2) is 35.2 Å². The molecule has 0 aliphatic carbocycles. The Hall–Kier alpha value is -1.16. The van der Waals surface area contributed by atoms with Crippen LogP contribution in [0.4, 0.5) is 4.39 Å². The molecule has 2 rings (SSSR count). The molecular weight excluding hydrogens is 235 g/mol. The second-order valence-corrected chi connectivity index (χ2v) is 3.42. The van der Waals surface area contributed by atoms with Gasteiger partial charge in [-0.2, -0.15) is 0 Å². The first-order valence-electron chi connectivity index (χ1n) is 3.72. The lowest BCUT2D eigenvalue weighted by Gasteiger charge is -2.00. The average Bonchev–Trinajstić information content (AvgIpc) is 2.62. The Morgan fingerprint density at radius 2 is 2.23 bits per heavy atom. The number of hydrogen-bond acceptors (Lipinski definition) is 1. The lowest BCUT2D eigenvalue weighted by Crippen LogP contribution is -1.84. The molecular formula is C9H6BrFN2. The van der Waals surface area contributed by atoms with Crippen molar-refractivity contribution < 1.29 is 4.39 Å². The summed E-state index contributed by atoms with van der Waals surface area (Å²) < 4.78 is 13.9. The van der Waals surface area contributed by atoms with Crippen LogP contribution in [0.3, 0.4) is 0 Å². The predicted molar refractivity (Wildman–Crippen MR) is 51.7 cm³/mol. The fraction of sp³-hybridized carbons (Fsp3) is 0. The van der Waals surface area contributed by atoms with E-state index in [1.54, 1.807) is 24.4 Å². The van der Waals surface area contributed by atoms with Crippen molar-refractivity contribution in [2.45, 2.75) is 0 Å². The first-order valence-corrected chi connectivity index (χ1v) is 4.51. The highest BCUT2D eigenvalue weighted by atomic mass is 79.9. The van der Waals surface area contributed by atoms with Crippen molar-refractivity contribution in [3.63, 3.8) is 0 Å². The summed E-state index contributed by atoms with van der Waals surface area (Å²) in [5.74, 6) is -0.272. The zero-order chi connectivity index (χ0) is 9.26. The van der Waals surface area contributed by atoms with Crippen LogP contribution in [0.2, 0.25) is 0 Å². The first kappa shape index (κ1) is 8.44. The third-order valence-corrected chi connectivity index (χ3v) is 2.35. The third kappa shape index (κ3) is 1.49. The zero-order valence-corrected chi connectivity index (χ0v) is 8.18. The Morgan fingerprint density at radius 3 is 2.92 bits per heavy atom. The van der Waals surface area contributed by atoms with Crippen molar-refractivity contribution in [1.82, 2.24) is 9.97 Å². The monoisotopic (exact) mass is 240 g/mol. The molecule has 0 saturated carbocycles. The number of halogens is 2. The van der Waals surface area contributed by atoms with Gasteiger partial charge in [-0.15, -0.1) is 0 Å². The van der Waals surface area contributed by atoms with Crippen LogP contribution in [-0.4, -0.2) is 9.97 Å². The van der Waals surface area contributed by atoms with Crippen molar-refractivity contribution in [3.05, 3.63) is 41.0 Å². The summed E-state index contributed by atoms with van der Waals surface area (Å²) in [5.41, 5.74) is 1.20. The maximum absolute atomic E-state index is 13.5. The molecule has 2 nitrogen and oxygen atoms in total. The molecule has 0 fully saturated rings. The number of hydrogen-bond donors (Lipinski definition) is 1. The van der Waals surface area contributed by atoms with Gasteiger partial charge < -0.3 is 4.98 Å². The molecule has 0 amide bonds. The van der Waals surface area contributed by atoms with Crippen LogP contribution in [0.5, 0.6) is 0 Å². The van der Waals surface area contributed by atoms with E-state index >= 15 is 0 Å². The Kier molecular flexibility index (Phi) is 2.14. The Balaban J connectivity index is 2.59. The fourth-order valence-corrected chi connectivity index (χ4v) is 1.48. The summed E-state index contributed by atoms with van der Waals surface area (Å²) in [4.78, 5) is 6.68. The zero-order valence-electron chi connectivity index (χ0n) is 6.59. The second kappa shape index (κ2) is 3.30. The topological polar surface area (TPSA) is 28.7 Å². The van der Waals surface area contributed by atoms with Crippen LogP contribution < -0.4 is 0 Å². The molecule has 0 saturated heterocycles. The van der Waals surface area contributed by atoms with E-state index < -0.39 is 0 Å². The van der Waals surface area contributed by atoms with Crippen LogP contribution in [0.25, 0.3) is 11.3 Å². The molecule has 66 valence electrons. The number of nitrogens with one attached hydrogen (secondary N) is 1. The van der Waals surface area contributed by atoms with Gasteiger partial charge in [0.1, 0.15) is 5.82 Å². The highest BCUT2D eigenvalue weighted by Gasteiger charge is 2.08. The molecule has 0 radical (unpaired) electrons. The molecule has 1 aromatic carbocycles. The maximum atomic E-state index is 13.5. The van der Waals surface area contributed by atoms with E-state index in [2.05, 4.69) is 25.9 Å². The van der Waals surface area contributed by atoms with Gasteiger partial charge in [0.2, 0.25) is 0 Å². The van der Waals surface area contributed by atoms with Gasteiger partial charge in [0.05, 0.1) is 22.7 Å². The molecule has 0 aliphatic rings. The van der Waals surface area contributed by atoms with Gasteiger partial charge in [-0.1, -0.05) is 6.07 Å². The highest BCUT2D eigenvalue weighted by molar-refractivity contribution is 9.10. The van der Waals surface area contributed by atoms with Gasteiger partial charge >= 0.3 is 0 Å². The van der Waals surface area contributed by atoms with E-state index in [0.717, 1.165) is 0 Å². The van der Waals surface area contributed by atoms with Gasteiger partial charge in [-0.25, -0.2) is 9.37 Å². The molecule has 1 aromatic heterocycles. The molecule has 4 heteroatoms. The van der Waals surface area contributed by atoms with E-state index in [4.69, 9.17) is 0 Å². The predicted octanol–water partition coefficient (Wildman–Crippen LogP) is 2.98. The van der Waals surface area contributed by atoms with Gasteiger partial charge in [-0.05, 0) is 28.1 Å². The van der Waals surface area contributed by atoms with Gasteiger partial charge in [-0.3, -0.25) is 0 Å². The molecule has 0 bridgehead atoms. The van der Waals surface area contributed by atoms with E-state index in [1.807, 2.05) is 0 Å². The molecule has 0 atom stereocenters. The number of H-pyrrole nitrogens is 1. The number of imidazole rings is 1. The molecule has 0 aliphatic heterocycles. The number of rotatable bonds is 1. The smallest absolute Gasteiger partial charge is 0.146 e. The SMILES string of the molecule is Fc1c(Br)cccc1-c1cnc[nH]1. The quantitative estimate of drug-likeness (QED) is 0.816. The third-order valence-electron chi connectivity index (χ3n) is 1.74. The summed E-state index contributed by atoms with van der Waals surface area (Å²) >= 11 is 3.12. The lowest BCUT2D eigenvalue weighted by atomic mass is 10.1. The van der Waals surface area contributed by atoms with Crippen molar-refractivity contribution in [2.75, 3.05) is 0 Å². The van der Waals surface area contributed by atoms with Crippen molar-refractivity contribution in [3.8, 4) is 11.3 Å². The summed E-state index contributed by atoms with van der Waals surface area (Å²) in [7, 11) is 0. The van der Waals surface area contributed by atoms with Crippen molar-refractivity contribution >= 4 is 15.9 Å². The second-order valence-electron chi connectivity index (χ2n) is 2.57. The summed E-state index contributed by atoms with van der Waals surface area (Å²) in [6.07, 6.45) is 3.11. The summed E-state index contributed by atoms with van der Waals surface area (Å²) in [6.45, 7) is 0. The fourth-order valence-electron chi connectivity index (χ4n) is 1.11. The number of aromatic nitrogens is 2. The molecule has 0 unspecified atom stereocenters. The van der Waals surface area contributed by atoms with Crippen LogP contribution in [0, 0.1) is 5.82 Å². The minimum absolute atomic E-state index is 0.272. The minimum atomic E-state index is -0.272. The standard InChI is InChI=1S/C9H6BrFN2/c10-7-3-1-2-6(9(7)11)8-4-12-5-13-8/h1-5H,(H,12,13). The van der Waals surface area contributed by atoms with E-state index in [9.17, 15) is 4.39 Å². The van der Waals surface area contributed by atoms with E-state index in [0.29, 0.717) is 15.7 Å². The van der Waals surface area contributed by atoms with Crippen LogP contribution in [-0.2, 0) is 0 Å². The molecule has 2 aromatic rings. The summed E-state index contributed by atoms with van der Waals surface area (Å²) in [6, 6.07) is 5.14. The minimum Gasteiger partial charge on any atom is -0.345 e. The Labute approximate surface area is 83.0 Å². The van der Waals surface area contributed by atoms with E-state index in [-0.39, 0.29) is 5.82 Å². The van der Waals surface area contributed by atoms with E-state index in [1.165, 1.54) is 6.33 Å².